The Balaban J connectivity index is 1.50. The zero-order valence-corrected chi connectivity index (χ0v) is 15.7. The van der Waals surface area contributed by atoms with Crippen LogP contribution in [0, 0.1) is 13.8 Å². The minimum absolute atomic E-state index is 0.0278. The van der Waals surface area contributed by atoms with Crippen LogP contribution in [0.5, 0.6) is 0 Å². The predicted molar refractivity (Wildman–Crippen MR) is 103 cm³/mol. The number of aromatic nitrogens is 4. The number of H-pyrrole nitrogens is 1. The third-order valence-corrected chi connectivity index (χ3v) is 4.93. The highest BCUT2D eigenvalue weighted by atomic mass is 16.2. The van der Waals surface area contributed by atoms with Crippen LogP contribution in [-0.2, 0) is 6.54 Å². The fourth-order valence-corrected chi connectivity index (χ4v) is 3.74. The molecule has 2 N–H and O–H groups in total. The highest BCUT2D eigenvalue weighted by molar-refractivity contribution is 5.76. The molecule has 1 aliphatic rings. The lowest BCUT2D eigenvalue weighted by atomic mass is 10.0. The molecule has 1 saturated heterocycles. The van der Waals surface area contributed by atoms with Gasteiger partial charge >= 0.3 is 6.03 Å². The van der Waals surface area contributed by atoms with Gasteiger partial charge in [0.1, 0.15) is 11.6 Å². The Hall–Kier alpha value is -2.96. The van der Waals surface area contributed by atoms with Gasteiger partial charge in [-0.3, -0.25) is 0 Å². The van der Waals surface area contributed by atoms with Crippen LogP contribution in [0.4, 0.5) is 4.79 Å². The number of rotatable bonds is 3. The monoisotopic (exact) mass is 364 g/mol. The van der Waals surface area contributed by atoms with Crippen LogP contribution in [0.1, 0.15) is 48.3 Å². The van der Waals surface area contributed by atoms with Crippen molar-refractivity contribution in [2.24, 2.45) is 0 Å². The molecule has 1 aliphatic heterocycles. The number of para-hydroxylation sites is 2. The second-order valence-electron chi connectivity index (χ2n) is 7.05. The van der Waals surface area contributed by atoms with E-state index in [9.17, 15) is 4.79 Å². The van der Waals surface area contributed by atoms with Crippen LogP contribution in [0.3, 0.4) is 0 Å². The van der Waals surface area contributed by atoms with Crippen LogP contribution >= 0.6 is 0 Å². The van der Waals surface area contributed by atoms with E-state index in [1.165, 1.54) is 0 Å². The number of hydrogen-bond acceptors (Lipinski definition) is 4. The van der Waals surface area contributed by atoms with E-state index in [-0.39, 0.29) is 12.1 Å². The zero-order chi connectivity index (χ0) is 18.8. The third kappa shape index (κ3) is 3.77. The van der Waals surface area contributed by atoms with Crippen molar-refractivity contribution in [3.05, 3.63) is 53.4 Å². The summed E-state index contributed by atoms with van der Waals surface area (Å²) in [5.74, 6) is 1.58. The van der Waals surface area contributed by atoms with Gasteiger partial charge in [-0.25, -0.2) is 19.7 Å². The van der Waals surface area contributed by atoms with Crippen molar-refractivity contribution in [3.63, 3.8) is 0 Å². The summed E-state index contributed by atoms with van der Waals surface area (Å²) in [5.41, 5.74) is 3.67. The molecule has 1 fully saturated rings. The van der Waals surface area contributed by atoms with Gasteiger partial charge in [0, 0.05) is 12.2 Å². The molecule has 0 bridgehead atoms. The number of carbonyl (C=O) groups excluding carboxylic acids is 1. The van der Waals surface area contributed by atoms with Crippen LogP contribution in [0.15, 0.2) is 30.3 Å². The van der Waals surface area contributed by atoms with Crippen molar-refractivity contribution >= 4 is 17.1 Å². The first-order valence-electron chi connectivity index (χ1n) is 9.40. The molecule has 0 spiro atoms. The number of fused-ring (bicyclic) bond motifs is 1. The number of piperidine rings is 1. The number of carbonyl (C=O) groups is 1. The van der Waals surface area contributed by atoms with Crippen LogP contribution in [-0.4, -0.2) is 37.4 Å². The molecule has 3 heterocycles. The van der Waals surface area contributed by atoms with E-state index < -0.39 is 0 Å². The Kier molecular flexibility index (Phi) is 4.75. The summed E-state index contributed by atoms with van der Waals surface area (Å²) in [6.45, 7) is 4.92. The number of hydrogen-bond donors (Lipinski definition) is 2. The van der Waals surface area contributed by atoms with Crippen molar-refractivity contribution in [2.45, 2.75) is 45.7 Å². The minimum Gasteiger partial charge on any atom is -0.340 e. The van der Waals surface area contributed by atoms with Gasteiger partial charge in [0.25, 0.3) is 0 Å². The molecule has 0 saturated carbocycles. The van der Waals surface area contributed by atoms with Gasteiger partial charge in [-0.1, -0.05) is 12.1 Å². The number of imidazole rings is 1. The van der Waals surface area contributed by atoms with Gasteiger partial charge in [0.15, 0.2) is 0 Å². The summed E-state index contributed by atoms with van der Waals surface area (Å²) >= 11 is 0. The van der Waals surface area contributed by atoms with Crippen molar-refractivity contribution in [2.75, 3.05) is 6.54 Å². The number of nitrogens with one attached hydrogen (secondary N) is 2. The van der Waals surface area contributed by atoms with E-state index in [4.69, 9.17) is 4.98 Å². The first kappa shape index (κ1) is 17.5. The Bertz CT molecular complexity index is 913. The normalized spacial score (nSPS) is 17.3. The van der Waals surface area contributed by atoms with E-state index >= 15 is 0 Å². The smallest absolute Gasteiger partial charge is 0.318 e. The zero-order valence-electron chi connectivity index (χ0n) is 15.7. The average Bonchev–Trinajstić information content (AvgIpc) is 3.09. The van der Waals surface area contributed by atoms with Crippen molar-refractivity contribution in [3.8, 4) is 0 Å². The lowest BCUT2D eigenvalue weighted by Gasteiger charge is -2.34. The Morgan fingerprint density at radius 2 is 2.07 bits per heavy atom. The third-order valence-electron chi connectivity index (χ3n) is 4.93. The van der Waals surface area contributed by atoms with Gasteiger partial charge in [-0.2, -0.15) is 0 Å². The number of nitrogens with zero attached hydrogens (tertiary/aromatic N) is 4. The molecule has 7 nitrogen and oxygen atoms in total. The molecular formula is C20H24N6O. The number of aryl methyl sites for hydroxylation is 2. The average molecular weight is 364 g/mol. The molecular weight excluding hydrogens is 340 g/mol. The Morgan fingerprint density at radius 3 is 2.89 bits per heavy atom. The quantitative estimate of drug-likeness (QED) is 0.746. The molecule has 4 rings (SSSR count). The van der Waals surface area contributed by atoms with E-state index in [0.717, 1.165) is 59.9 Å². The Labute approximate surface area is 158 Å². The number of amides is 2. The van der Waals surface area contributed by atoms with Gasteiger partial charge in [-0.15, -0.1) is 0 Å². The van der Waals surface area contributed by atoms with Gasteiger partial charge in [-0.05, 0) is 51.3 Å². The summed E-state index contributed by atoms with van der Waals surface area (Å²) in [7, 11) is 0. The molecule has 2 aromatic heterocycles. The number of likely N-dealkylation sites (tertiary alicyclic amines) is 1. The van der Waals surface area contributed by atoms with Crippen LogP contribution in [0.25, 0.3) is 11.0 Å². The van der Waals surface area contributed by atoms with E-state index in [1.54, 1.807) is 0 Å². The van der Waals surface area contributed by atoms with E-state index in [0.29, 0.717) is 6.54 Å². The fraction of sp³-hybridized carbons (Fsp3) is 0.400. The van der Waals surface area contributed by atoms with Crippen LogP contribution in [0.2, 0.25) is 0 Å². The van der Waals surface area contributed by atoms with Gasteiger partial charge < -0.3 is 15.2 Å². The maximum absolute atomic E-state index is 12.9. The second kappa shape index (κ2) is 7.34. The van der Waals surface area contributed by atoms with Crippen molar-refractivity contribution in [1.29, 1.82) is 0 Å². The molecule has 0 aliphatic carbocycles. The standard InChI is InChI=1S/C20H24N6O/c1-13-11-15(23-14(2)22-13)12-21-20(27)26-10-6-5-9-18(26)19-24-16-7-3-4-8-17(16)25-19/h3-4,7-8,11,18H,5-6,9-10,12H2,1-2H3,(H,21,27)(H,24,25). The summed E-state index contributed by atoms with van der Waals surface area (Å²) in [5, 5.41) is 3.01. The number of urea groups is 1. The van der Waals surface area contributed by atoms with Crippen molar-refractivity contribution in [1.82, 2.24) is 30.2 Å². The summed E-state index contributed by atoms with van der Waals surface area (Å²) in [4.78, 5) is 31.5. The van der Waals surface area contributed by atoms with Gasteiger partial charge in [0.2, 0.25) is 0 Å². The van der Waals surface area contributed by atoms with E-state index in [1.807, 2.05) is 49.1 Å². The topological polar surface area (TPSA) is 86.8 Å². The maximum atomic E-state index is 12.9. The predicted octanol–water partition coefficient (Wildman–Crippen LogP) is 3.41. The minimum atomic E-state index is -0.0749. The largest absolute Gasteiger partial charge is 0.340 e. The molecule has 7 heteroatoms. The molecule has 1 atom stereocenters. The fourth-order valence-electron chi connectivity index (χ4n) is 3.74. The van der Waals surface area contributed by atoms with Crippen molar-refractivity contribution < 1.29 is 4.79 Å². The molecule has 27 heavy (non-hydrogen) atoms. The maximum Gasteiger partial charge on any atom is 0.318 e. The molecule has 1 aromatic carbocycles. The highest BCUT2D eigenvalue weighted by Crippen LogP contribution is 2.30. The molecule has 3 aromatic rings. The first-order valence-corrected chi connectivity index (χ1v) is 9.40. The second-order valence-corrected chi connectivity index (χ2v) is 7.05. The first-order chi connectivity index (χ1) is 13.1. The lowest BCUT2D eigenvalue weighted by Crippen LogP contribution is -2.44. The molecule has 2 amide bonds. The SMILES string of the molecule is Cc1cc(CNC(=O)N2CCCCC2c2nc3ccccc3[nH]2)nc(C)n1. The highest BCUT2D eigenvalue weighted by Gasteiger charge is 2.30. The summed E-state index contributed by atoms with van der Waals surface area (Å²) < 4.78 is 0. The summed E-state index contributed by atoms with van der Waals surface area (Å²) in [6.07, 6.45) is 3.02. The van der Waals surface area contributed by atoms with Crippen LogP contribution < -0.4 is 5.32 Å². The van der Waals surface area contributed by atoms with E-state index in [2.05, 4.69) is 20.3 Å². The molecule has 0 radical (unpaired) electrons. The molecule has 140 valence electrons. The lowest BCUT2D eigenvalue weighted by molar-refractivity contribution is 0.147. The van der Waals surface area contributed by atoms with Gasteiger partial charge in [0.05, 0.1) is 29.3 Å². The number of benzene rings is 1. The summed E-state index contributed by atoms with van der Waals surface area (Å²) in [6, 6.07) is 9.77. The Morgan fingerprint density at radius 1 is 1.22 bits per heavy atom. The number of aromatic amines is 1. The molecule has 1 unspecified atom stereocenters.